The van der Waals surface area contributed by atoms with Gasteiger partial charge in [0.15, 0.2) is 5.65 Å². The molecule has 0 radical (unpaired) electrons. The Morgan fingerprint density at radius 2 is 2.00 bits per heavy atom. The summed E-state index contributed by atoms with van der Waals surface area (Å²) < 4.78 is 15.7. The van der Waals surface area contributed by atoms with Crippen LogP contribution in [0.1, 0.15) is 28.5 Å². The topological polar surface area (TPSA) is 106 Å². The molecule has 3 aromatic rings. The largest absolute Gasteiger partial charge is 0.497 e. The van der Waals surface area contributed by atoms with Crippen molar-refractivity contribution in [3.05, 3.63) is 51.4 Å². The van der Waals surface area contributed by atoms with Crippen LogP contribution in [0.4, 0.5) is 0 Å². The minimum Gasteiger partial charge on any atom is -0.497 e. The van der Waals surface area contributed by atoms with Crippen LogP contribution in [0.5, 0.6) is 11.5 Å². The molecule has 1 aromatic carbocycles. The number of ether oxygens (including phenoxy) is 3. The molecule has 0 spiro atoms. The van der Waals surface area contributed by atoms with Gasteiger partial charge in [-0.3, -0.25) is 9.89 Å². The first kappa shape index (κ1) is 17.5. The number of rotatable bonds is 6. The first-order valence-electron chi connectivity index (χ1n) is 8.05. The Kier molecular flexibility index (Phi) is 4.92. The number of methoxy groups -OCH3 is 2. The van der Waals surface area contributed by atoms with Crippen LogP contribution in [0.3, 0.4) is 0 Å². The summed E-state index contributed by atoms with van der Waals surface area (Å²) >= 11 is 0. The van der Waals surface area contributed by atoms with Crippen LogP contribution in [-0.4, -0.2) is 42.0 Å². The van der Waals surface area contributed by atoms with Crippen molar-refractivity contribution in [2.24, 2.45) is 0 Å². The zero-order valence-corrected chi connectivity index (χ0v) is 14.7. The minimum absolute atomic E-state index is 0.182. The van der Waals surface area contributed by atoms with E-state index in [4.69, 9.17) is 14.2 Å². The third-order valence-corrected chi connectivity index (χ3v) is 3.98. The monoisotopic (exact) mass is 357 g/mol. The summed E-state index contributed by atoms with van der Waals surface area (Å²) in [5.74, 6) is 0.763. The normalized spacial score (nSPS) is 10.7. The lowest BCUT2D eigenvalue weighted by atomic mass is 10.0. The van der Waals surface area contributed by atoms with E-state index in [0.29, 0.717) is 34.6 Å². The van der Waals surface area contributed by atoms with Crippen molar-refractivity contribution in [2.75, 3.05) is 20.8 Å². The lowest BCUT2D eigenvalue weighted by Crippen LogP contribution is -2.13. The van der Waals surface area contributed by atoms with Crippen molar-refractivity contribution in [1.29, 1.82) is 0 Å². The lowest BCUT2D eigenvalue weighted by Gasteiger charge is -2.10. The maximum atomic E-state index is 12.3. The summed E-state index contributed by atoms with van der Waals surface area (Å²) in [6.45, 7) is 1.92. The van der Waals surface area contributed by atoms with Gasteiger partial charge in [-0.15, -0.1) is 0 Å². The van der Waals surface area contributed by atoms with Crippen LogP contribution < -0.4 is 15.0 Å². The van der Waals surface area contributed by atoms with Gasteiger partial charge in [-0.2, -0.15) is 5.10 Å². The second kappa shape index (κ2) is 7.30. The molecule has 0 atom stereocenters. The summed E-state index contributed by atoms with van der Waals surface area (Å²) in [7, 11) is 3.16. The van der Waals surface area contributed by atoms with Crippen molar-refractivity contribution >= 4 is 17.0 Å². The SMILES string of the molecule is CCOC(=O)c1cc(=O)[nH]c2n[nH]c(Cc3ccc(OC)cc3OC)c12. The Morgan fingerprint density at radius 1 is 1.19 bits per heavy atom. The molecule has 0 aliphatic carbocycles. The average molecular weight is 357 g/mol. The summed E-state index contributed by atoms with van der Waals surface area (Å²) in [5.41, 5.74) is 1.62. The fourth-order valence-corrected chi connectivity index (χ4v) is 2.80. The van der Waals surface area contributed by atoms with Gasteiger partial charge in [0.1, 0.15) is 11.5 Å². The molecule has 2 aromatic heterocycles. The molecule has 0 amide bonds. The van der Waals surface area contributed by atoms with Crippen LogP contribution in [0.25, 0.3) is 11.0 Å². The van der Waals surface area contributed by atoms with Crippen molar-refractivity contribution < 1.29 is 19.0 Å². The number of pyridine rings is 1. The third kappa shape index (κ3) is 3.26. The van der Waals surface area contributed by atoms with Gasteiger partial charge < -0.3 is 19.2 Å². The number of esters is 1. The van der Waals surface area contributed by atoms with E-state index < -0.39 is 11.5 Å². The van der Waals surface area contributed by atoms with E-state index in [1.807, 2.05) is 12.1 Å². The number of nitrogens with zero attached hydrogens (tertiary/aromatic N) is 1. The molecule has 0 aliphatic rings. The number of H-pyrrole nitrogens is 2. The van der Waals surface area contributed by atoms with Crippen LogP contribution in [0, 0.1) is 0 Å². The fourth-order valence-electron chi connectivity index (χ4n) is 2.80. The maximum Gasteiger partial charge on any atom is 0.339 e. The number of fused-ring (bicyclic) bond motifs is 1. The Bertz CT molecular complexity index is 1010. The van der Waals surface area contributed by atoms with Gasteiger partial charge in [0.2, 0.25) is 5.56 Å². The number of aromatic nitrogens is 3. The maximum absolute atomic E-state index is 12.3. The fraction of sp³-hybridized carbons (Fsp3) is 0.278. The predicted molar refractivity (Wildman–Crippen MR) is 95.0 cm³/mol. The van der Waals surface area contributed by atoms with E-state index in [0.717, 1.165) is 5.56 Å². The van der Waals surface area contributed by atoms with Gasteiger partial charge in [-0.25, -0.2) is 4.79 Å². The highest BCUT2D eigenvalue weighted by atomic mass is 16.5. The standard InChI is InChI=1S/C18H19N3O5/c1-4-26-18(23)12-9-15(22)19-17-16(12)13(20-21-17)7-10-5-6-11(24-2)8-14(10)25-3/h5-6,8-9H,4,7H2,1-3H3,(H2,19,20,21,22). The average Bonchev–Trinajstić information content (AvgIpc) is 3.04. The number of aromatic amines is 2. The highest BCUT2D eigenvalue weighted by molar-refractivity contribution is 6.03. The predicted octanol–water partition coefficient (Wildman–Crippen LogP) is 2.04. The highest BCUT2D eigenvalue weighted by Gasteiger charge is 2.19. The molecule has 0 saturated heterocycles. The van der Waals surface area contributed by atoms with Crippen LogP contribution in [0.2, 0.25) is 0 Å². The molecule has 26 heavy (non-hydrogen) atoms. The van der Waals surface area contributed by atoms with E-state index in [2.05, 4.69) is 15.2 Å². The molecule has 0 fully saturated rings. The second-order valence-electron chi connectivity index (χ2n) is 5.55. The van der Waals surface area contributed by atoms with Crippen molar-refractivity contribution in [1.82, 2.24) is 15.2 Å². The Labute approximate surface area is 149 Å². The lowest BCUT2D eigenvalue weighted by molar-refractivity contribution is 0.0528. The number of hydrogen-bond acceptors (Lipinski definition) is 6. The molecule has 0 bridgehead atoms. The first-order chi connectivity index (χ1) is 12.6. The van der Waals surface area contributed by atoms with Gasteiger partial charge in [0, 0.05) is 24.1 Å². The zero-order valence-electron chi connectivity index (χ0n) is 14.7. The van der Waals surface area contributed by atoms with Gasteiger partial charge in [0.05, 0.1) is 37.5 Å². The number of hydrogen-bond donors (Lipinski definition) is 2. The Morgan fingerprint density at radius 3 is 2.69 bits per heavy atom. The molecule has 3 rings (SSSR count). The molecule has 0 saturated carbocycles. The molecule has 8 nitrogen and oxygen atoms in total. The van der Waals surface area contributed by atoms with E-state index in [1.54, 1.807) is 27.2 Å². The third-order valence-electron chi connectivity index (χ3n) is 3.98. The van der Waals surface area contributed by atoms with Crippen LogP contribution in [-0.2, 0) is 11.2 Å². The number of nitrogens with one attached hydrogen (secondary N) is 2. The minimum atomic E-state index is -0.562. The summed E-state index contributed by atoms with van der Waals surface area (Å²) in [6, 6.07) is 6.71. The van der Waals surface area contributed by atoms with Crippen molar-refractivity contribution in [3.63, 3.8) is 0 Å². The van der Waals surface area contributed by atoms with Gasteiger partial charge >= 0.3 is 5.97 Å². The molecule has 2 N–H and O–H groups in total. The molecule has 0 unspecified atom stereocenters. The van der Waals surface area contributed by atoms with E-state index >= 15 is 0 Å². The van der Waals surface area contributed by atoms with E-state index in [1.165, 1.54) is 6.07 Å². The quantitative estimate of drug-likeness (QED) is 0.654. The van der Waals surface area contributed by atoms with Gasteiger partial charge in [0.25, 0.3) is 0 Å². The Hall–Kier alpha value is -3.29. The number of carbonyl (C=O) groups is 1. The molecule has 8 heteroatoms. The smallest absolute Gasteiger partial charge is 0.339 e. The number of benzene rings is 1. The van der Waals surface area contributed by atoms with E-state index in [9.17, 15) is 9.59 Å². The van der Waals surface area contributed by atoms with Crippen molar-refractivity contribution in [2.45, 2.75) is 13.3 Å². The van der Waals surface area contributed by atoms with Crippen LogP contribution >= 0.6 is 0 Å². The number of carbonyl (C=O) groups excluding carboxylic acids is 1. The van der Waals surface area contributed by atoms with Crippen LogP contribution in [0.15, 0.2) is 29.1 Å². The summed E-state index contributed by atoms with van der Waals surface area (Å²) in [4.78, 5) is 26.7. The summed E-state index contributed by atoms with van der Waals surface area (Å²) in [5, 5.41) is 7.53. The molecule has 136 valence electrons. The molecular formula is C18H19N3O5. The Balaban J connectivity index is 2.09. The summed E-state index contributed by atoms with van der Waals surface area (Å²) in [6.07, 6.45) is 0.419. The molecule has 0 aliphatic heterocycles. The van der Waals surface area contributed by atoms with Crippen molar-refractivity contribution in [3.8, 4) is 11.5 Å². The van der Waals surface area contributed by atoms with Gasteiger partial charge in [-0.05, 0) is 13.0 Å². The highest BCUT2D eigenvalue weighted by Crippen LogP contribution is 2.28. The first-order valence-corrected chi connectivity index (χ1v) is 8.05. The van der Waals surface area contributed by atoms with E-state index in [-0.39, 0.29) is 12.2 Å². The molecule has 2 heterocycles. The van der Waals surface area contributed by atoms with Gasteiger partial charge in [-0.1, -0.05) is 6.07 Å². The molecular weight excluding hydrogens is 338 g/mol. The zero-order chi connectivity index (χ0) is 18.7. The second-order valence-corrected chi connectivity index (χ2v) is 5.55.